The fourth-order valence-electron chi connectivity index (χ4n) is 4.79. The first-order chi connectivity index (χ1) is 9.72. The topological polar surface area (TPSA) is 30.3 Å². The van der Waals surface area contributed by atoms with Crippen molar-refractivity contribution >= 4 is 0 Å². The SMILES string of the molecule is CCC1CCC(C#N)C(N2CC3CCCN3CC2C)C1. The second-order valence-corrected chi connectivity index (χ2v) is 7.23. The summed E-state index contributed by atoms with van der Waals surface area (Å²) in [4.78, 5) is 5.39. The maximum Gasteiger partial charge on any atom is 0.0672 e. The molecular weight excluding hydrogens is 246 g/mol. The fraction of sp³-hybridized carbons (Fsp3) is 0.941. The summed E-state index contributed by atoms with van der Waals surface area (Å²) in [5.74, 6) is 1.12. The van der Waals surface area contributed by atoms with Gasteiger partial charge < -0.3 is 0 Å². The maximum absolute atomic E-state index is 9.54. The molecule has 1 aliphatic carbocycles. The van der Waals surface area contributed by atoms with E-state index in [1.54, 1.807) is 0 Å². The van der Waals surface area contributed by atoms with Crippen LogP contribution in [0.15, 0.2) is 0 Å². The van der Waals surface area contributed by atoms with Crippen molar-refractivity contribution in [1.29, 1.82) is 5.26 Å². The Morgan fingerprint density at radius 2 is 2.05 bits per heavy atom. The highest BCUT2D eigenvalue weighted by Gasteiger charge is 2.41. The van der Waals surface area contributed by atoms with Crippen LogP contribution in [0.2, 0.25) is 0 Å². The van der Waals surface area contributed by atoms with Gasteiger partial charge in [-0.15, -0.1) is 0 Å². The molecule has 3 rings (SSSR count). The van der Waals surface area contributed by atoms with Gasteiger partial charge in [0.1, 0.15) is 0 Å². The van der Waals surface area contributed by atoms with Crippen LogP contribution in [0.1, 0.15) is 52.4 Å². The van der Waals surface area contributed by atoms with Crippen molar-refractivity contribution < 1.29 is 0 Å². The number of nitrogens with zero attached hydrogens (tertiary/aromatic N) is 3. The maximum atomic E-state index is 9.54. The average Bonchev–Trinajstić information content (AvgIpc) is 2.92. The van der Waals surface area contributed by atoms with Gasteiger partial charge in [-0.05, 0) is 51.5 Å². The molecule has 20 heavy (non-hydrogen) atoms. The summed E-state index contributed by atoms with van der Waals surface area (Å²) < 4.78 is 0. The molecule has 2 saturated heterocycles. The lowest BCUT2D eigenvalue weighted by Gasteiger charge is -2.49. The lowest BCUT2D eigenvalue weighted by atomic mass is 9.76. The molecular formula is C17H29N3. The van der Waals surface area contributed by atoms with Crippen molar-refractivity contribution in [2.24, 2.45) is 11.8 Å². The molecule has 0 N–H and O–H groups in total. The normalized spacial score (nSPS) is 43.1. The molecule has 112 valence electrons. The smallest absolute Gasteiger partial charge is 0.0672 e. The molecule has 0 spiro atoms. The zero-order valence-electron chi connectivity index (χ0n) is 13.1. The molecule has 0 bridgehead atoms. The van der Waals surface area contributed by atoms with Crippen molar-refractivity contribution in [3.8, 4) is 6.07 Å². The summed E-state index contributed by atoms with van der Waals surface area (Å²) in [6.45, 7) is 8.41. The fourth-order valence-corrected chi connectivity index (χ4v) is 4.79. The third kappa shape index (κ3) is 2.61. The first kappa shape index (κ1) is 14.4. The lowest BCUT2D eigenvalue weighted by Crippen LogP contribution is -2.60. The predicted molar refractivity (Wildman–Crippen MR) is 81.3 cm³/mol. The molecule has 0 radical (unpaired) electrons. The van der Waals surface area contributed by atoms with Crippen LogP contribution in [0.25, 0.3) is 0 Å². The quantitative estimate of drug-likeness (QED) is 0.776. The standard InChI is InChI=1S/C17H29N3/c1-3-14-6-7-15(10-18)17(9-14)20-12-16-5-4-8-19(16)11-13(20)2/h13-17H,3-9,11-12H2,1-2H3. The highest BCUT2D eigenvalue weighted by molar-refractivity contribution is 5.02. The Balaban J connectivity index is 1.73. The Kier molecular flexibility index (Phi) is 4.33. The van der Waals surface area contributed by atoms with Gasteiger partial charge in [-0.2, -0.15) is 5.26 Å². The van der Waals surface area contributed by atoms with Gasteiger partial charge in [0.05, 0.1) is 12.0 Å². The Morgan fingerprint density at radius 1 is 1.20 bits per heavy atom. The van der Waals surface area contributed by atoms with Gasteiger partial charge in [0.2, 0.25) is 0 Å². The van der Waals surface area contributed by atoms with Crippen LogP contribution in [0.3, 0.4) is 0 Å². The highest BCUT2D eigenvalue weighted by atomic mass is 15.3. The monoisotopic (exact) mass is 275 g/mol. The largest absolute Gasteiger partial charge is 0.298 e. The minimum Gasteiger partial charge on any atom is -0.298 e. The van der Waals surface area contributed by atoms with Crippen LogP contribution >= 0.6 is 0 Å². The molecule has 2 heterocycles. The minimum absolute atomic E-state index is 0.271. The van der Waals surface area contributed by atoms with E-state index in [4.69, 9.17) is 0 Å². The Bertz CT molecular complexity index is 375. The van der Waals surface area contributed by atoms with Crippen LogP contribution < -0.4 is 0 Å². The number of fused-ring (bicyclic) bond motifs is 1. The second-order valence-electron chi connectivity index (χ2n) is 7.23. The van der Waals surface area contributed by atoms with Crippen molar-refractivity contribution in [1.82, 2.24) is 9.80 Å². The van der Waals surface area contributed by atoms with Gasteiger partial charge in [0.25, 0.3) is 0 Å². The molecule has 3 nitrogen and oxygen atoms in total. The van der Waals surface area contributed by atoms with E-state index >= 15 is 0 Å². The number of hydrogen-bond donors (Lipinski definition) is 0. The third-order valence-electron chi connectivity index (χ3n) is 6.08. The molecule has 5 unspecified atom stereocenters. The molecule has 3 heteroatoms. The van der Waals surface area contributed by atoms with Gasteiger partial charge in [0, 0.05) is 31.2 Å². The van der Waals surface area contributed by atoms with E-state index in [1.807, 2.05) is 0 Å². The van der Waals surface area contributed by atoms with E-state index in [0.29, 0.717) is 12.1 Å². The van der Waals surface area contributed by atoms with Crippen LogP contribution in [0.4, 0.5) is 0 Å². The van der Waals surface area contributed by atoms with E-state index in [-0.39, 0.29) is 5.92 Å². The van der Waals surface area contributed by atoms with E-state index in [2.05, 4.69) is 29.7 Å². The van der Waals surface area contributed by atoms with Gasteiger partial charge in [-0.1, -0.05) is 13.3 Å². The third-order valence-corrected chi connectivity index (χ3v) is 6.08. The number of piperazine rings is 1. The molecule has 1 saturated carbocycles. The summed E-state index contributed by atoms with van der Waals surface area (Å²) in [6, 6.07) is 4.54. The van der Waals surface area contributed by atoms with Crippen molar-refractivity contribution in [2.45, 2.75) is 70.5 Å². The molecule has 2 aliphatic heterocycles. The number of rotatable bonds is 2. The first-order valence-corrected chi connectivity index (χ1v) is 8.62. The summed E-state index contributed by atoms with van der Waals surface area (Å²) in [5.41, 5.74) is 0. The van der Waals surface area contributed by atoms with Crippen LogP contribution in [-0.2, 0) is 0 Å². The number of nitriles is 1. The Labute approximate surface area is 123 Å². The van der Waals surface area contributed by atoms with Gasteiger partial charge >= 0.3 is 0 Å². The van der Waals surface area contributed by atoms with E-state index in [1.165, 1.54) is 51.7 Å². The molecule has 0 aromatic carbocycles. The first-order valence-electron chi connectivity index (χ1n) is 8.62. The minimum atomic E-state index is 0.271. The van der Waals surface area contributed by atoms with Gasteiger partial charge in [-0.25, -0.2) is 0 Å². The zero-order valence-corrected chi connectivity index (χ0v) is 13.1. The van der Waals surface area contributed by atoms with E-state index in [0.717, 1.165) is 18.4 Å². The predicted octanol–water partition coefficient (Wildman–Crippen LogP) is 2.87. The van der Waals surface area contributed by atoms with Crippen LogP contribution in [-0.4, -0.2) is 47.6 Å². The Morgan fingerprint density at radius 3 is 2.80 bits per heavy atom. The van der Waals surface area contributed by atoms with Crippen LogP contribution in [0.5, 0.6) is 0 Å². The summed E-state index contributed by atoms with van der Waals surface area (Å²) >= 11 is 0. The molecule has 0 aromatic heterocycles. The summed E-state index contributed by atoms with van der Waals surface area (Å²) in [6.07, 6.45) is 7.66. The van der Waals surface area contributed by atoms with Crippen molar-refractivity contribution in [3.05, 3.63) is 0 Å². The van der Waals surface area contributed by atoms with Crippen molar-refractivity contribution in [3.63, 3.8) is 0 Å². The van der Waals surface area contributed by atoms with Crippen molar-refractivity contribution in [2.75, 3.05) is 19.6 Å². The summed E-state index contributed by atoms with van der Waals surface area (Å²) in [5, 5.41) is 9.54. The summed E-state index contributed by atoms with van der Waals surface area (Å²) in [7, 11) is 0. The van der Waals surface area contributed by atoms with E-state index < -0.39 is 0 Å². The molecule has 0 amide bonds. The van der Waals surface area contributed by atoms with E-state index in [9.17, 15) is 5.26 Å². The number of hydrogen-bond acceptors (Lipinski definition) is 3. The molecule has 0 aromatic rings. The zero-order chi connectivity index (χ0) is 14.1. The average molecular weight is 275 g/mol. The molecule has 3 fully saturated rings. The molecule has 5 atom stereocenters. The second kappa shape index (κ2) is 6.03. The van der Waals surface area contributed by atoms with Gasteiger partial charge in [-0.3, -0.25) is 9.80 Å². The molecule has 3 aliphatic rings. The lowest BCUT2D eigenvalue weighted by molar-refractivity contribution is -0.00479. The Hall–Kier alpha value is -0.590. The van der Waals surface area contributed by atoms with Gasteiger partial charge in [0.15, 0.2) is 0 Å². The highest BCUT2D eigenvalue weighted by Crippen LogP contribution is 2.37. The van der Waals surface area contributed by atoms with Crippen LogP contribution in [0, 0.1) is 23.2 Å².